The van der Waals surface area contributed by atoms with E-state index in [9.17, 15) is 19.7 Å². The molecule has 3 aromatic rings. The van der Waals surface area contributed by atoms with Gasteiger partial charge in [0, 0.05) is 15.8 Å². The summed E-state index contributed by atoms with van der Waals surface area (Å²) in [6.45, 7) is 0. The molecule has 0 aliphatic heterocycles. The van der Waals surface area contributed by atoms with E-state index in [2.05, 4.69) is 10.4 Å². The number of thiophene rings is 1. The minimum absolute atomic E-state index is 0.190. The first kappa shape index (κ1) is 22.5. The molecule has 1 N–H and O–H groups in total. The van der Waals surface area contributed by atoms with Gasteiger partial charge in [-0.1, -0.05) is 11.6 Å². The fraction of sp³-hybridized carbons (Fsp3) is 0.458. The van der Waals surface area contributed by atoms with E-state index in [1.165, 1.54) is 32.6 Å². The fourth-order valence-electron chi connectivity index (χ4n) is 6.81. The lowest BCUT2D eigenvalue weighted by Crippen LogP contribution is -2.52. The Bertz CT molecular complexity index is 1360. The molecule has 0 saturated heterocycles. The van der Waals surface area contributed by atoms with Crippen LogP contribution < -0.4 is 5.32 Å². The molecule has 7 rings (SSSR count). The molecule has 2 heterocycles. The van der Waals surface area contributed by atoms with Gasteiger partial charge in [-0.15, -0.1) is 11.3 Å². The van der Waals surface area contributed by atoms with Crippen molar-refractivity contribution >= 4 is 56.3 Å². The Kier molecular flexibility index (Phi) is 5.16. The summed E-state index contributed by atoms with van der Waals surface area (Å²) in [5.74, 6) is 0.742. The second kappa shape index (κ2) is 8.03. The summed E-state index contributed by atoms with van der Waals surface area (Å²) >= 11 is 7.46. The number of benzene rings is 1. The molecule has 1 amide bonds. The number of rotatable bonds is 5. The van der Waals surface area contributed by atoms with Crippen LogP contribution in [-0.4, -0.2) is 33.7 Å². The van der Waals surface area contributed by atoms with E-state index < -0.39 is 16.8 Å². The number of hydrogen-bond donors (Lipinski definition) is 1. The Labute approximate surface area is 209 Å². The van der Waals surface area contributed by atoms with E-state index in [4.69, 9.17) is 16.3 Å². The number of amides is 1. The first-order valence-electron chi connectivity index (χ1n) is 11.6. The van der Waals surface area contributed by atoms with Gasteiger partial charge in [-0.3, -0.25) is 19.6 Å². The summed E-state index contributed by atoms with van der Waals surface area (Å²) in [5, 5.41) is 20.0. The van der Waals surface area contributed by atoms with Gasteiger partial charge in [0.2, 0.25) is 5.69 Å². The molecular weight excluding hydrogens is 492 g/mol. The Morgan fingerprint density at radius 2 is 1.89 bits per heavy atom. The third-order valence-electron chi connectivity index (χ3n) is 7.86. The van der Waals surface area contributed by atoms with Gasteiger partial charge in [0.05, 0.1) is 22.6 Å². The van der Waals surface area contributed by atoms with Crippen LogP contribution in [0.2, 0.25) is 5.02 Å². The molecule has 11 heteroatoms. The number of carbonyl (C=O) groups is 2. The van der Waals surface area contributed by atoms with E-state index in [0.29, 0.717) is 38.5 Å². The van der Waals surface area contributed by atoms with Crippen LogP contribution in [0.4, 0.5) is 11.4 Å². The highest BCUT2D eigenvalue weighted by molar-refractivity contribution is 7.21. The normalized spacial score (nSPS) is 26.7. The molecule has 4 fully saturated rings. The van der Waals surface area contributed by atoms with Crippen molar-refractivity contribution in [2.24, 2.45) is 17.8 Å². The first-order valence-corrected chi connectivity index (χ1v) is 12.8. The number of methoxy groups -OCH3 is 1. The van der Waals surface area contributed by atoms with E-state index in [-0.39, 0.29) is 21.8 Å². The zero-order chi connectivity index (χ0) is 24.5. The van der Waals surface area contributed by atoms with Gasteiger partial charge >= 0.3 is 11.7 Å². The van der Waals surface area contributed by atoms with Crippen molar-refractivity contribution in [3.63, 3.8) is 0 Å². The van der Waals surface area contributed by atoms with Gasteiger partial charge < -0.3 is 10.1 Å². The number of halogens is 1. The number of hydrogen-bond acceptors (Lipinski definition) is 7. The van der Waals surface area contributed by atoms with E-state index >= 15 is 0 Å². The van der Waals surface area contributed by atoms with Crippen molar-refractivity contribution < 1.29 is 19.2 Å². The van der Waals surface area contributed by atoms with Gasteiger partial charge in [-0.25, -0.2) is 4.79 Å². The lowest BCUT2D eigenvalue weighted by Gasteiger charge is -2.56. The number of nitrogens with zero attached hydrogens (tertiary/aromatic N) is 3. The third-order valence-corrected chi connectivity index (χ3v) is 9.49. The molecule has 0 spiro atoms. The van der Waals surface area contributed by atoms with Crippen LogP contribution >= 0.6 is 22.9 Å². The van der Waals surface area contributed by atoms with Crippen LogP contribution in [0.15, 0.2) is 24.4 Å². The van der Waals surface area contributed by atoms with Crippen LogP contribution in [-0.2, 0) is 10.3 Å². The Morgan fingerprint density at radius 1 is 1.23 bits per heavy atom. The van der Waals surface area contributed by atoms with Crippen molar-refractivity contribution in [2.45, 2.75) is 44.1 Å². The van der Waals surface area contributed by atoms with Gasteiger partial charge in [-0.05, 0) is 74.5 Å². The monoisotopic (exact) mass is 514 g/mol. The number of fused-ring (bicyclic) bond motifs is 1. The predicted octanol–water partition coefficient (Wildman–Crippen LogP) is 5.62. The maximum atomic E-state index is 13.2. The van der Waals surface area contributed by atoms with Gasteiger partial charge in [-0.2, -0.15) is 5.10 Å². The topological polar surface area (TPSA) is 116 Å². The maximum absolute atomic E-state index is 13.2. The first-order chi connectivity index (χ1) is 16.8. The third kappa shape index (κ3) is 3.61. The van der Waals surface area contributed by atoms with Crippen molar-refractivity contribution in [1.82, 2.24) is 9.78 Å². The lowest BCUT2D eigenvalue weighted by atomic mass is 9.53. The van der Waals surface area contributed by atoms with Crippen LogP contribution in [0.3, 0.4) is 0 Å². The summed E-state index contributed by atoms with van der Waals surface area (Å²) in [4.78, 5) is 36.7. The van der Waals surface area contributed by atoms with E-state index in [1.807, 2.05) is 0 Å². The number of aromatic nitrogens is 2. The molecule has 0 radical (unpaired) electrons. The molecule has 9 nitrogen and oxygen atoms in total. The average molecular weight is 515 g/mol. The molecule has 182 valence electrons. The number of esters is 1. The second-order valence-corrected chi connectivity index (χ2v) is 11.5. The van der Waals surface area contributed by atoms with Crippen LogP contribution in [0.25, 0.3) is 10.1 Å². The second-order valence-electron chi connectivity index (χ2n) is 10.1. The van der Waals surface area contributed by atoms with Crippen molar-refractivity contribution in [2.75, 3.05) is 12.4 Å². The van der Waals surface area contributed by atoms with Crippen molar-refractivity contribution in [3.8, 4) is 0 Å². The summed E-state index contributed by atoms with van der Waals surface area (Å²) in [7, 11) is 1.28. The molecule has 4 aliphatic carbocycles. The van der Waals surface area contributed by atoms with Crippen LogP contribution in [0.1, 0.15) is 58.7 Å². The molecule has 4 aliphatic rings. The molecule has 4 bridgehead atoms. The van der Waals surface area contributed by atoms with Gasteiger partial charge in [0.25, 0.3) is 5.91 Å². The zero-order valence-electron chi connectivity index (χ0n) is 19.0. The number of nitro groups is 1. The molecule has 35 heavy (non-hydrogen) atoms. The van der Waals surface area contributed by atoms with Gasteiger partial charge in [0.15, 0.2) is 0 Å². The largest absolute Gasteiger partial charge is 0.465 e. The Morgan fingerprint density at radius 3 is 2.49 bits per heavy atom. The quantitative estimate of drug-likeness (QED) is 0.268. The average Bonchev–Trinajstić information content (AvgIpc) is 3.40. The van der Waals surface area contributed by atoms with E-state index in [0.717, 1.165) is 30.6 Å². The smallest absolute Gasteiger partial charge is 0.349 e. The molecule has 0 atom stereocenters. The number of ether oxygens (including phenoxy) is 1. The molecular formula is C24H23ClN4O5S. The highest BCUT2D eigenvalue weighted by Crippen LogP contribution is 2.58. The highest BCUT2D eigenvalue weighted by Gasteiger charge is 2.53. The molecule has 2 aromatic heterocycles. The summed E-state index contributed by atoms with van der Waals surface area (Å²) in [5.41, 5.74) is -0.276. The highest BCUT2D eigenvalue weighted by atomic mass is 35.5. The number of anilines is 1. The Hall–Kier alpha value is -2.98. The summed E-state index contributed by atoms with van der Waals surface area (Å²) < 4.78 is 7.18. The molecule has 4 saturated carbocycles. The summed E-state index contributed by atoms with van der Waals surface area (Å²) in [6, 6.07) is 5.01. The Balaban J connectivity index is 1.31. The predicted molar refractivity (Wildman–Crippen MR) is 131 cm³/mol. The van der Waals surface area contributed by atoms with Gasteiger partial charge in [0.1, 0.15) is 11.1 Å². The lowest BCUT2D eigenvalue weighted by molar-refractivity contribution is -0.385. The number of carbonyl (C=O) groups excluding carboxylic acids is 2. The molecule has 1 aromatic carbocycles. The minimum atomic E-state index is -0.643. The van der Waals surface area contributed by atoms with Crippen molar-refractivity contribution in [3.05, 3.63) is 50.1 Å². The SMILES string of the molecule is COC(=O)c1sc2cc(NC(=O)c3nn(C45CC6CC(CC(C6)C4)C5)cc3[N+](=O)[O-])ccc2c1Cl. The van der Waals surface area contributed by atoms with Crippen LogP contribution in [0.5, 0.6) is 0 Å². The number of nitrogens with one attached hydrogen (secondary N) is 1. The van der Waals surface area contributed by atoms with E-state index in [1.54, 1.807) is 22.9 Å². The minimum Gasteiger partial charge on any atom is -0.465 e. The van der Waals surface area contributed by atoms with Crippen LogP contribution in [0, 0.1) is 27.9 Å². The molecule has 0 unspecified atom stereocenters. The maximum Gasteiger partial charge on any atom is 0.349 e. The van der Waals surface area contributed by atoms with Crippen molar-refractivity contribution in [1.29, 1.82) is 0 Å². The summed E-state index contributed by atoms with van der Waals surface area (Å²) in [6.07, 6.45) is 8.08. The zero-order valence-corrected chi connectivity index (χ0v) is 20.5. The fourth-order valence-corrected chi connectivity index (χ4v) is 8.27. The standard InChI is InChI=1S/C24H23ClN4O5S/c1-34-23(31)21-19(25)16-3-2-15(7-18(16)35-21)26-22(30)20-17(29(32)33)11-28(27-20)24-8-12-4-13(9-24)6-14(5-12)10-24/h2-3,7,11-14H,4-6,8-10H2,1H3,(H,26,30).